The van der Waals surface area contributed by atoms with E-state index in [0.29, 0.717) is 6.54 Å². The number of benzene rings is 1. The fourth-order valence-corrected chi connectivity index (χ4v) is 2.66. The summed E-state index contributed by atoms with van der Waals surface area (Å²) in [7, 11) is 0. The molecule has 4 nitrogen and oxygen atoms in total. The van der Waals surface area contributed by atoms with Crippen LogP contribution >= 0.6 is 11.6 Å². The second kappa shape index (κ2) is 4.94. The number of fused-ring (bicyclic) bond motifs is 1. The van der Waals surface area contributed by atoms with E-state index in [0.717, 1.165) is 28.3 Å². The van der Waals surface area contributed by atoms with Crippen LogP contribution in [0.3, 0.4) is 0 Å². The summed E-state index contributed by atoms with van der Waals surface area (Å²) in [5.41, 5.74) is 4.12. The van der Waals surface area contributed by atoms with Gasteiger partial charge in [-0.05, 0) is 32.4 Å². The van der Waals surface area contributed by atoms with Gasteiger partial charge in [-0.1, -0.05) is 17.3 Å². The van der Waals surface area contributed by atoms with Crippen LogP contribution in [0.5, 0.6) is 0 Å². The second-order valence-corrected chi connectivity index (χ2v) is 5.70. The van der Waals surface area contributed by atoms with Crippen molar-refractivity contribution >= 4 is 22.6 Å². The Kier molecular flexibility index (Phi) is 3.26. The van der Waals surface area contributed by atoms with E-state index < -0.39 is 0 Å². The Bertz CT molecular complexity index is 758. The van der Waals surface area contributed by atoms with Crippen molar-refractivity contribution in [1.29, 1.82) is 0 Å². The molecule has 0 saturated heterocycles. The lowest BCUT2D eigenvalue weighted by molar-refractivity contribution is 0.372. The molecule has 0 saturated carbocycles. The van der Waals surface area contributed by atoms with Crippen LogP contribution in [-0.2, 0) is 6.54 Å². The van der Waals surface area contributed by atoms with Crippen molar-refractivity contribution in [2.75, 3.05) is 0 Å². The Balaban J connectivity index is 2.18. The van der Waals surface area contributed by atoms with Gasteiger partial charge in [0.15, 0.2) is 5.76 Å². The number of hydrogen-bond donors (Lipinski definition) is 0. The molecule has 20 heavy (non-hydrogen) atoms. The number of hydrogen-bond acceptors (Lipinski definition) is 3. The summed E-state index contributed by atoms with van der Waals surface area (Å²) in [4.78, 5) is 4.64. The highest BCUT2D eigenvalue weighted by Gasteiger charge is 2.17. The van der Waals surface area contributed by atoms with Crippen molar-refractivity contribution in [3.05, 3.63) is 47.1 Å². The Morgan fingerprint density at radius 2 is 2.15 bits per heavy atom. The van der Waals surface area contributed by atoms with Crippen LogP contribution in [0.25, 0.3) is 11.0 Å². The molecule has 1 unspecified atom stereocenters. The lowest BCUT2D eigenvalue weighted by atomic mass is 10.2. The molecule has 0 fully saturated rings. The van der Waals surface area contributed by atoms with Crippen molar-refractivity contribution in [2.24, 2.45) is 0 Å². The van der Waals surface area contributed by atoms with Crippen molar-refractivity contribution in [3.8, 4) is 0 Å². The first-order valence-electron chi connectivity index (χ1n) is 6.58. The maximum Gasteiger partial charge on any atom is 0.156 e. The SMILES string of the molecule is Cc1cc(Cn2c(C(C)Cl)nc3cccc(C)c32)on1. The third-order valence-electron chi connectivity index (χ3n) is 3.34. The molecule has 3 aromatic rings. The molecule has 5 heteroatoms. The molecule has 0 amide bonds. The maximum absolute atomic E-state index is 6.27. The predicted molar refractivity (Wildman–Crippen MR) is 79.1 cm³/mol. The van der Waals surface area contributed by atoms with Gasteiger partial charge >= 0.3 is 0 Å². The van der Waals surface area contributed by atoms with Gasteiger partial charge in [0, 0.05) is 6.07 Å². The number of para-hydroxylation sites is 1. The zero-order valence-electron chi connectivity index (χ0n) is 11.7. The van der Waals surface area contributed by atoms with Gasteiger partial charge in [0.1, 0.15) is 5.82 Å². The molecular formula is C15H16ClN3O. The first-order chi connectivity index (χ1) is 9.56. The third-order valence-corrected chi connectivity index (χ3v) is 3.54. The number of imidazole rings is 1. The fourth-order valence-electron chi connectivity index (χ4n) is 2.49. The van der Waals surface area contributed by atoms with E-state index in [1.807, 2.05) is 32.0 Å². The quantitative estimate of drug-likeness (QED) is 0.685. The number of nitrogens with zero attached hydrogens (tertiary/aromatic N) is 3. The summed E-state index contributed by atoms with van der Waals surface area (Å²) in [6, 6.07) is 8.03. The molecule has 1 aromatic carbocycles. The average molecular weight is 290 g/mol. The van der Waals surface area contributed by atoms with E-state index in [1.165, 1.54) is 5.56 Å². The standard InChI is InChI=1S/C15H16ClN3O/c1-9-5-4-6-13-14(9)19(15(17-13)11(3)16)8-12-7-10(2)18-20-12/h4-7,11H,8H2,1-3H3. The highest BCUT2D eigenvalue weighted by molar-refractivity contribution is 6.20. The minimum absolute atomic E-state index is 0.161. The monoisotopic (exact) mass is 289 g/mol. The zero-order valence-corrected chi connectivity index (χ0v) is 12.5. The molecule has 0 spiro atoms. The normalized spacial score (nSPS) is 13.0. The Hall–Kier alpha value is -1.81. The summed E-state index contributed by atoms with van der Waals surface area (Å²) in [6.07, 6.45) is 0. The van der Waals surface area contributed by atoms with Crippen LogP contribution in [0.4, 0.5) is 0 Å². The molecule has 0 N–H and O–H groups in total. The summed E-state index contributed by atoms with van der Waals surface area (Å²) in [6.45, 7) is 6.51. The number of rotatable bonds is 3. The van der Waals surface area contributed by atoms with Gasteiger partial charge in [0.05, 0.1) is 28.6 Å². The summed E-state index contributed by atoms with van der Waals surface area (Å²) >= 11 is 6.27. The average Bonchev–Trinajstić information content (AvgIpc) is 2.95. The van der Waals surface area contributed by atoms with Crippen LogP contribution in [0, 0.1) is 13.8 Å². The van der Waals surface area contributed by atoms with Gasteiger partial charge in [0.25, 0.3) is 0 Å². The van der Waals surface area contributed by atoms with Crippen molar-refractivity contribution < 1.29 is 4.52 Å². The van der Waals surface area contributed by atoms with Crippen LogP contribution in [0.2, 0.25) is 0 Å². The maximum atomic E-state index is 6.27. The second-order valence-electron chi connectivity index (χ2n) is 5.05. The number of alkyl halides is 1. The number of aromatic nitrogens is 3. The first-order valence-corrected chi connectivity index (χ1v) is 7.02. The largest absolute Gasteiger partial charge is 0.359 e. The minimum atomic E-state index is -0.161. The number of halogens is 1. The van der Waals surface area contributed by atoms with Gasteiger partial charge in [-0.3, -0.25) is 0 Å². The van der Waals surface area contributed by atoms with E-state index >= 15 is 0 Å². The molecule has 104 valence electrons. The van der Waals surface area contributed by atoms with Crippen LogP contribution in [0.1, 0.15) is 35.1 Å². The minimum Gasteiger partial charge on any atom is -0.359 e. The highest BCUT2D eigenvalue weighted by Crippen LogP contribution is 2.27. The fraction of sp³-hybridized carbons (Fsp3) is 0.333. The smallest absolute Gasteiger partial charge is 0.156 e. The van der Waals surface area contributed by atoms with Crippen molar-refractivity contribution in [2.45, 2.75) is 32.7 Å². The van der Waals surface area contributed by atoms with Gasteiger partial charge < -0.3 is 9.09 Å². The lowest BCUT2D eigenvalue weighted by Gasteiger charge is -2.09. The molecule has 0 aliphatic heterocycles. The molecule has 2 aromatic heterocycles. The third kappa shape index (κ3) is 2.20. The van der Waals surface area contributed by atoms with E-state index in [9.17, 15) is 0 Å². The molecule has 0 aliphatic rings. The molecule has 0 radical (unpaired) electrons. The lowest BCUT2D eigenvalue weighted by Crippen LogP contribution is -2.05. The molecule has 0 aliphatic carbocycles. The number of aryl methyl sites for hydroxylation is 2. The summed E-state index contributed by atoms with van der Waals surface area (Å²) in [5.74, 6) is 1.66. The molecule has 2 heterocycles. The van der Waals surface area contributed by atoms with Crippen molar-refractivity contribution in [1.82, 2.24) is 14.7 Å². The van der Waals surface area contributed by atoms with Crippen LogP contribution < -0.4 is 0 Å². The summed E-state index contributed by atoms with van der Waals surface area (Å²) in [5, 5.41) is 3.77. The van der Waals surface area contributed by atoms with E-state index in [-0.39, 0.29) is 5.38 Å². The Morgan fingerprint density at radius 1 is 1.35 bits per heavy atom. The van der Waals surface area contributed by atoms with Gasteiger partial charge in [-0.15, -0.1) is 11.6 Å². The van der Waals surface area contributed by atoms with Crippen LogP contribution in [-0.4, -0.2) is 14.7 Å². The predicted octanol–water partition coefficient (Wildman–Crippen LogP) is 3.99. The molecule has 3 rings (SSSR count). The van der Waals surface area contributed by atoms with Gasteiger partial charge in [0.2, 0.25) is 0 Å². The van der Waals surface area contributed by atoms with Crippen LogP contribution in [0.15, 0.2) is 28.8 Å². The highest BCUT2D eigenvalue weighted by atomic mass is 35.5. The van der Waals surface area contributed by atoms with Gasteiger partial charge in [-0.2, -0.15) is 0 Å². The van der Waals surface area contributed by atoms with Gasteiger partial charge in [-0.25, -0.2) is 4.98 Å². The Labute approximate surface area is 122 Å². The van der Waals surface area contributed by atoms with Crippen molar-refractivity contribution in [3.63, 3.8) is 0 Å². The zero-order chi connectivity index (χ0) is 14.3. The van der Waals surface area contributed by atoms with E-state index in [4.69, 9.17) is 16.1 Å². The molecule has 0 bridgehead atoms. The molecule has 1 atom stereocenters. The van der Waals surface area contributed by atoms with E-state index in [2.05, 4.69) is 27.7 Å². The Morgan fingerprint density at radius 3 is 2.80 bits per heavy atom. The summed E-state index contributed by atoms with van der Waals surface area (Å²) < 4.78 is 7.43. The van der Waals surface area contributed by atoms with E-state index in [1.54, 1.807) is 0 Å². The topological polar surface area (TPSA) is 43.9 Å². The molecular weight excluding hydrogens is 274 g/mol. The first kappa shape index (κ1) is 13.2.